The molecule has 4 rings (SSSR count). The molecule has 0 amide bonds. The van der Waals surface area contributed by atoms with Crippen molar-refractivity contribution >= 4 is 21.6 Å². The lowest BCUT2D eigenvalue weighted by Crippen LogP contribution is -1.95. The van der Waals surface area contributed by atoms with Gasteiger partial charge >= 0.3 is 0 Å². The van der Waals surface area contributed by atoms with Crippen molar-refractivity contribution in [1.82, 2.24) is 14.2 Å². The molecule has 0 N–H and O–H groups in total. The molecule has 114 valence electrons. The zero-order valence-corrected chi connectivity index (χ0v) is 14.6. The Bertz CT molecular complexity index is 979. The highest BCUT2D eigenvalue weighted by Crippen LogP contribution is 2.30. The van der Waals surface area contributed by atoms with Crippen LogP contribution in [0.25, 0.3) is 22.5 Å². The van der Waals surface area contributed by atoms with Gasteiger partial charge in [-0.2, -0.15) is 5.10 Å². The van der Waals surface area contributed by atoms with E-state index in [0.717, 1.165) is 21.6 Å². The van der Waals surface area contributed by atoms with Gasteiger partial charge in [0.05, 0.1) is 5.69 Å². The van der Waals surface area contributed by atoms with E-state index >= 15 is 0 Å². The molecule has 0 radical (unpaired) electrons. The number of aromatic nitrogens is 3. The van der Waals surface area contributed by atoms with Crippen molar-refractivity contribution < 1.29 is 0 Å². The van der Waals surface area contributed by atoms with Crippen LogP contribution in [0.2, 0.25) is 0 Å². The van der Waals surface area contributed by atoms with E-state index in [1.807, 2.05) is 29.8 Å². The van der Waals surface area contributed by atoms with Gasteiger partial charge in [-0.1, -0.05) is 46.3 Å². The van der Waals surface area contributed by atoms with E-state index in [2.05, 4.69) is 69.7 Å². The van der Waals surface area contributed by atoms with Crippen molar-refractivity contribution in [1.29, 1.82) is 0 Å². The van der Waals surface area contributed by atoms with Crippen LogP contribution in [0.3, 0.4) is 0 Å². The average Bonchev–Trinajstić information content (AvgIpc) is 3.08. The van der Waals surface area contributed by atoms with Gasteiger partial charge in [-0.25, -0.2) is 4.68 Å². The second-order valence-corrected chi connectivity index (χ2v) is 6.55. The predicted octanol–water partition coefficient (Wildman–Crippen LogP) is 5.17. The second kappa shape index (κ2) is 5.39. The molecular formula is C19H16BrN3. The summed E-state index contributed by atoms with van der Waals surface area (Å²) in [5.74, 6) is 0.990. The normalized spacial score (nSPS) is 11.3. The van der Waals surface area contributed by atoms with Crippen LogP contribution in [0.15, 0.2) is 65.1 Å². The van der Waals surface area contributed by atoms with Crippen LogP contribution in [0.1, 0.15) is 11.5 Å². The number of benzene rings is 2. The number of fused-ring (bicyclic) bond motifs is 1. The van der Waals surface area contributed by atoms with Crippen LogP contribution in [-0.2, 0) is 0 Å². The van der Waals surface area contributed by atoms with Gasteiger partial charge in [0.2, 0.25) is 0 Å². The van der Waals surface area contributed by atoms with E-state index in [9.17, 15) is 0 Å². The largest absolute Gasteiger partial charge is 0.285 e. The fourth-order valence-electron chi connectivity index (χ4n) is 3.08. The number of rotatable bonds is 2. The topological polar surface area (TPSA) is 22.2 Å². The van der Waals surface area contributed by atoms with E-state index < -0.39 is 0 Å². The van der Waals surface area contributed by atoms with E-state index in [0.29, 0.717) is 0 Å². The van der Waals surface area contributed by atoms with Crippen LogP contribution in [0.5, 0.6) is 0 Å². The monoisotopic (exact) mass is 365 g/mol. The third kappa shape index (κ3) is 2.30. The van der Waals surface area contributed by atoms with Crippen LogP contribution < -0.4 is 0 Å². The highest BCUT2D eigenvalue weighted by molar-refractivity contribution is 9.10. The summed E-state index contributed by atoms with van der Waals surface area (Å²) < 4.78 is 5.31. The third-order valence-corrected chi connectivity index (χ3v) is 4.70. The average molecular weight is 366 g/mol. The number of halogens is 1. The smallest absolute Gasteiger partial charge is 0.141 e. The molecule has 0 aliphatic carbocycles. The molecule has 0 unspecified atom stereocenters. The SMILES string of the molecule is Cc1nn(-c2ccccc2)c2cc(-c3ccc(Br)cc3)c(C)n12. The minimum atomic E-state index is 0.990. The van der Waals surface area contributed by atoms with Gasteiger partial charge in [0.1, 0.15) is 11.5 Å². The minimum absolute atomic E-state index is 0.990. The van der Waals surface area contributed by atoms with Crippen molar-refractivity contribution in [2.45, 2.75) is 13.8 Å². The molecule has 23 heavy (non-hydrogen) atoms. The number of para-hydroxylation sites is 1. The van der Waals surface area contributed by atoms with Crippen molar-refractivity contribution in [3.05, 3.63) is 76.7 Å². The predicted molar refractivity (Wildman–Crippen MR) is 97.1 cm³/mol. The van der Waals surface area contributed by atoms with Crippen molar-refractivity contribution in [3.8, 4) is 16.8 Å². The summed E-state index contributed by atoms with van der Waals surface area (Å²) in [5.41, 5.74) is 5.83. The molecule has 2 aromatic heterocycles. The summed E-state index contributed by atoms with van der Waals surface area (Å²) in [6.45, 7) is 4.19. The van der Waals surface area contributed by atoms with Gasteiger partial charge in [-0.05, 0) is 49.7 Å². The Hall–Kier alpha value is -2.33. The summed E-state index contributed by atoms with van der Waals surface area (Å²) in [6.07, 6.45) is 0. The van der Waals surface area contributed by atoms with Gasteiger partial charge in [0, 0.05) is 15.7 Å². The molecule has 3 nitrogen and oxygen atoms in total. The lowest BCUT2D eigenvalue weighted by Gasteiger charge is -2.02. The molecule has 0 saturated carbocycles. The van der Waals surface area contributed by atoms with E-state index in [4.69, 9.17) is 5.10 Å². The molecule has 4 heteroatoms. The lowest BCUT2D eigenvalue weighted by atomic mass is 10.1. The maximum atomic E-state index is 4.70. The quantitative estimate of drug-likeness (QED) is 0.480. The fraction of sp³-hybridized carbons (Fsp3) is 0.105. The summed E-state index contributed by atoms with van der Waals surface area (Å²) in [5, 5.41) is 4.70. The highest BCUT2D eigenvalue weighted by atomic mass is 79.9. The molecule has 0 fully saturated rings. The summed E-state index contributed by atoms with van der Waals surface area (Å²) >= 11 is 3.50. The summed E-state index contributed by atoms with van der Waals surface area (Å²) in [4.78, 5) is 0. The Morgan fingerprint density at radius 2 is 1.61 bits per heavy atom. The molecule has 0 aliphatic rings. The van der Waals surface area contributed by atoms with Gasteiger partial charge in [-0.15, -0.1) is 0 Å². The maximum absolute atomic E-state index is 4.70. The fourth-order valence-corrected chi connectivity index (χ4v) is 3.34. The number of hydrogen-bond donors (Lipinski definition) is 0. The first-order valence-electron chi connectivity index (χ1n) is 7.54. The Morgan fingerprint density at radius 3 is 2.30 bits per heavy atom. The van der Waals surface area contributed by atoms with Gasteiger partial charge < -0.3 is 0 Å². The van der Waals surface area contributed by atoms with Crippen molar-refractivity contribution in [2.24, 2.45) is 0 Å². The molecule has 0 atom stereocenters. The summed E-state index contributed by atoms with van der Waals surface area (Å²) in [7, 11) is 0. The molecule has 2 aromatic carbocycles. The zero-order valence-electron chi connectivity index (χ0n) is 13.0. The number of aryl methyl sites for hydroxylation is 2. The van der Waals surface area contributed by atoms with Crippen molar-refractivity contribution in [2.75, 3.05) is 0 Å². The number of hydrogen-bond acceptors (Lipinski definition) is 1. The standard InChI is InChI=1S/C19H16BrN3/c1-13-18(15-8-10-16(20)11-9-15)12-19-22(13)14(2)21-23(19)17-6-4-3-5-7-17/h3-12H,1-2H3. The molecular weight excluding hydrogens is 350 g/mol. The molecule has 4 aromatic rings. The number of nitrogens with zero attached hydrogens (tertiary/aromatic N) is 3. The second-order valence-electron chi connectivity index (χ2n) is 5.64. The van der Waals surface area contributed by atoms with Crippen LogP contribution >= 0.6 is 15.9 Å². The van der Waals surface area contributed by atoms with E-state index in [-0.39, 0.29) is 0 Å². The van der Waals surface area contributed by atoms with Gasteiger partial charge in [0.25, 0.3) is 0 Å². The Kier molecular flexibility index (Phi) is 3.34. The first-order chi connectivity index (χ1) is 11.1. The molecule has 0 saturated heterocycles. The van der Waals surface area contributed by atoms with Gasteiger partial charge in [0.15, 0.2) is 0 Å². The van der Waals surface area contributed by atoms with Crippen LogP contribution in [0, 0.1) is 13.8 Å². The highest BCUT2D eigenvalue weighted by Gasteiger charge is 2.16. The molecule has 0 spiro atoms. The molecule has 2 heterocycles. The van der Waals surface area contributed by atoms with Crippen LogP contribution in [0.4, 0.5) is 0 Å². The first kappa shape index (κ1) is 14.3. The van der Waals surface area contributed by atoms with E-state index in [1.165, 1.54) is 16.8 Å². The first-order valence-corrected chi connectivity index (χ1v) is 8.33. The van der Waals surface area contributed by atoms with Crippen LogP contribution in [-0.4, -0.2) is 14.2 Å². The Labute approximate surface area is 143 Å². The zero-order chi connectivity index (χ0) is 16.0. The van der Waals surface area contributed by atoms with Gasteiger partial charge in [-0.3, -0.25) is 4.40 Å². The molecule has 0 aliphatic heterocycles. The Morgan fingerprint density at radius 1 is 0.913 bits per heavy atom. The van der Waals surface area contributed by atoms with E-state index in [1.54, 1.807) is 0 Å². The lowest BCUT2D eigenvalue weighted by molar-refractivity contribution is 0.881. The summed E-state index contributed by atoms with van der Waals surface area (Å²) in [6, 6.07) is 20.9. The van der Waals surface area contributed by atoms with Crippen molar-refractivity contribution in [3.63, 3.8) is 0 Å². The molecule has 0 bridgehead atoms. The third-order valence-electron chi connectivity index (χ3n) is 4.17. The Balaban J connectivity index is 1.96. The maximum Gasteiger partial charge on any atom is 0.141 e. The minimum Gasteiger partial charge on any atom is -0.285 e.